The SMILES string of the molecule is NC1=NC2(CCc3cc(-c4cncnc4)ccc3C2)CO1. The molecule has 0 fully saturated rings. The standard InChI is InChI=1S/C16H16N4O/c17-15-20-16(9-21-15)4-3-12-5-11(1-2-13(12)6-16)14-7-18-10-19-8-14/h1-2,5,7-8,10H,3-4,6,9H2,(H2,17,20). The van der Waals surface area contributed by atoms with Crippen LogP contribution >= 0.6 is 0 Å². The summed E-state index contributed by atoms with van der Waals surface area (Å²) in [7, 11) is 0. The molecule has 2 aromatic rings. The lowest BCUT2D eigenvalue weighted by Crippen LogP contribution is -2.35. The number of aliphatic imine (C=N–C) groups is 1. The Labute approximate surface area is 122 Å². The summed E-state index contributed by atoms with van der Waals surface area (Å²) in [4.78, 5) is 12.7. The topological polar surface area (TPSA) is 73.4 Å². The first-order chi connectivity index (χ1) is 10.2. The number of benzene rings is 1. The summed E-state index contributed by atoms with van der Waals surface area (Å²) in [5, 5.41) is 0. The number of nitrogens with zero attached hydrogens (tertiary/aromatic N) is 3. The minimum atomic E-state index is -0.144. The van der Waals surface area contributed by atoms with Crippen LogP contribution in [0.5, 0.6) is 0 Å². The van der Waals surface area contributed by atoms with Gasteiger partial charge in [0.1, 0.15) is 18.5 Å². The summed E-state index contributed by atoms with van der Waals surface area (Å²) in [5.41, 5.74) is 10.5. The van der Waals surface area contributed by atoms with Crippen LogP contribution in [0.15, 0.2) is 41.9 Å². The number of hydrogen-bond donors (Lipinski definition) is 1. The molecular formula is C16H16N4O. The Bertz CT molecular complexity index is 713. The van der Waals surface area contributed by atoms with Gasteiger partial charge in [-0.25, -0.2) is 15.0 Å². The molecule has 106 valence electrons. The molecule has 2 aliphatic rings. The molecule has 1 atom stereocenters. The molecule has 1 spiro atoms. The molecular weight excluding hydrogens is 264 g/mol. The molecule has 5 nitrogen and oxygen atoms in total. The smallest absolute Gasteiger partial charge is 0.282 e. The maximum absolute atomic E-state index is 5.67. The minimum Gasteiger partial charge on any atom is -0.463 e. The largest absolute Gasteiger partial charge is 0.463 e. The van der Waals surface area contributed by atoms with Gasteiger partial charge in [-0.05, 0) is 29.5 Å². The van der Waals surface area contributed by atoms with E-state index < -0.39 is 0 Å². The molecule has 1 aliphatic carbocycles. The van der Waals surface area contributed by atoms with Gasteiger partial charge in [-0.15, -0.1) is 0 Å². The number of ether oxygens (including phenoxy) is 1. The average Bonchev–Trinajstić information content (AvgIpc) is 2.88. The molecule has 1 aromatic heterocycles. The molecule has 1 aromatic carbocycles. The van der Waals surface area contributed by atoms with E-state index in [0.29, 0.717) is 12.6 Å². The van der Waals surface area contributed by atoms with Crippen molar-refractivity contribution in [1.82, 2.24) is 9.97 Å². The van der Waals surface area contributed by atoms with Crippen LogP contribution in [-0.4, -0.2) is 28.1 Å². The van der Waals surface area contributed by atoms with Crippen molar-refractivity contribution in [1.29, 1.82) is 0 Å². The Morgan fingerprint density at radius 3 is 2.71 bits per heavy atom. The second kappa shape index (κ2) is 4.55. The Morgan fingerprint density at radius 1 is 1.10 bits per heavy atom. The normalized spacial score (nSPS) is 23.5. The van der Waals surface area contributed by atoms with Crippen LogP contribution in [0, 0.1) is 0 Å². The Kier molecular flexibility index (Phi) is 2.67. The molecule has 21 heavy (non-hydrogen) atoms. The van der Waals surface area contributed by atoms with Gasteiger partial charge in [-0.3, -0.25) is 0 Å². The molecule has 0 saturated heterocycles. The third-order valence-electron chi connectivity index (χ3n) is 4.32. The number of fused-ring (bicyclic) bond motifs is 1. The van der Waals surface area contributed by atoms with Gasteiger partial charge in [0, 0.05) is 24.4 Å². The van der Waals surface area contributed by atoms with E-state index in [0.717, 1.165) is 30.4 Å². The van der Waals surface area contributed by atoms with Crippen LogP contribution < -0.4 is 5.73 Å². The maximum atomic E-state index is 5.67. The van der Waals surface area contributed by atoms with E-state index >= 15 is 0 Å². The van der Waals surface area contributed by atoms with Gasteiger partial charge < -0.3 is 10.5 Å². The van der Waals surface area contributed by atoms with E-state index in [9.17, 15) is 0 Å². The van der Waals surface area contributed by atoms with E-state index in [1.165, 1.54) is 11.1 Å². The van der Waals surface area contributed by atoms with Crippen molar-refractivity contribution in [3.63, 3.8) is 0 Å². The van der Waals surface area contributed by atoms with Crippen LogP contribution in [0.3, 0.4) is 0 Å². The molecule has 4 rings (SSSR count). The van der Waals surface area contributed by atoms with E-state index in [2.05, 4.69) is 33.2 Å². The summed E-state index contributed by atoms with van der Waals surface area (Å²) in [5.74, 6) is 0. The number of rotatable bonds is 1. The Hall–Kier alpha value is -2.43. The predicted molar refractivity (Wildman–Crippen MR) is 79.8 cm³/mol. The van der Waals surface area contributed by atoms with E-state index in [1.54, 1.807) is 6.33 Å². The second-order valence-corrected chi connectivity index (χ2v) is 5.75. The minimum absolute atomic E-state index is 0.144. The molecule has 0 saturated carbocycles. The maximum Gasteiger partial charge on any atom is 0.282 e. The number of nitrogens with two attached hydrogens (primary N) is 1. The second-order valence-electron chi connectivity index (χ2n) is 5.75. The van der Waals surface area contributed by atoms with Crippen LogP contribution in [0.1, 0.15) is 17.5 Å². The van der Waals surface area contributed by atoms with Crippen molar-refractivity contribution in [2.24, 2.45) is 10.7 Å². The molecule has 5 heteroatoms. The van der Waals surface area contributed by atoms with Crippen LogP contribution in [0.4, 0.5) is 0 Å². The average molecular weight is 280 g/mol. The molecule has 0 bridgehead atoms. The van der Waals surface area contributed by atoms with Crippen molar-refractivity contribution in [2.75, 3.05) is 6.61 Å². The van der Waals surface area contributed by atoms with Crippen LogP contribution in [-0.2, 0) is 17.6 Å². The first-order valence-corrected chi connectivity index (χ1v) is 7.09. The Balaban J connectivity index is 1.67. The van der Waals surface area contributed by atoms with Crippen LogP contribution in [0.2, 0.25) is 0 Å². The number of aryl methyl sites for hydroxylation is 1. The fourth-order valence-corrected chi connectivity index (χ4v) is 3.19. The zero-order chi connectivity index (χ0) is 14.3. The zero-order valence-electron chi connectivity index (χ0n) is 11.6. The highest BCUT2D eigenvalue weighted by molar-refractivity contribution is 5.74. The van der Waals surface area contributed by atoms with E-state index in [-0.39, 0.29) is 5.54 Å². The fourth-order valence-electron chi connectivity index (χ4n) is 3.19. The van der Waals surface area contributed by atoms with Crippen LogP contribution in [0.25, 0.3) is 11.1 Å². The first kappa shape index (κ1) is 12.3. The van der Waals surface area contributed by atoms with Gasteiger partial charge in [0.05, 0.1) is 0 Å². The van der Waals surface area contributed by atoms with Crippen molar-refractivity contribution in [3.8, 4) is 11.1 Å². The van der Waals surface area contributed by atoms with Gasteiger partial charge in [0.25, 0.3) is 6.02 Å². The van der Waals surface area contributed by atoms with E-state index in [1.807, 2.05) is 12.4 Å². The third kappa shape index (κ3) is 2.14. The van der Waals surface area contributed by atoms with Crippen molar-refractivity contribution < 1.29 is 4.74 Å². The highest BCUT2D eigenvalue weighted by Crippen LogP contribution is 2.36. The molecule has 1 unspecified atom stereocenters. The molecule has 1 aliphatic heterocycles. The van der Waals surface area contributed by atoms with Crippen molar-refractivity contribution in [3.05, 3.63) is 48.0 Å². The quantitative estimate of drug-likeness (QED) is 0.863. The van der Waals surface area contributed by atoms with Gasteiger partial charge in [-0.2, -0.15) is 0 Å². The first-order valence-electron chi connectivity index (χ1n) is 7.09. The lowest BCUT2D eigenvalue weighted by Gasteiger charge is -2.30. The molecule has 0 amide bonds. The molecule has 2 heterocycles. The summed E-state index contributed by atoms with van der Waals surface area (Å²) < 4.78 is 5.37. The number of amidine groups is 1. The number of hydrogen-bond acceptors (Lipinski definition) is 5. The molecule has 2 N–H and O–H groups in total. The highest BCUT2D eigenvalue weighted by atomic mass is 16.5. The zero-order valence-corrected chi connectivity index (χ0v) is 11.6. The monoisotopic (exact) mass is 280 g/mol. The lowest BCUT2D eigenvalue weighted by molar-refractivity contribution is 0.235. The van der Waals surface area contributed by atoms with Crippen molar-refractivity contribution >= 4 is 6.02 Å². The summed E-state index contributed by atoms with van der Waals surface area (Å²) >= 11 is 0. The third-order valence-corrected chi connectivity index (χ3v) is 4.32. The lowest BCUT2D eigenvalue weighted by atomic mass is 9.78. The molecule has 0 radical (unpaired) electrons. The Morgan fingerprint density at radius 2 is 1.95 bits per heavy atom. The van der Waals surface area contributed by atoms with Crippen molar-refractivity contribution in [2.45, 2.75) is 24.8 Å². The van der Waals surface area contributed by atoms with Gasteiger partial charge in [0.15, 0.2) is 0 Å². The predicted octanol–water partition coefficient (Wildman–Crippen LogP) is 1.72. The van der Waals surface area contributed by atoms with Gasteiger partial charge in [0.2, 0.25) is 0 Å². The fraction of sp³-hybridized carbons (Fsp3) is 0.312. The summed E-state index contributed by atoms with van der Waals surface area (Å²) in [6, 6.07) is 6.88. The van der Waals surface area contributed by atoms with Gasteiger partial charge in [-0.1, -0.05) is 18.2 Å². The summed E-state index contributed by atoms with van der Waals surface area (Å²) in [6.07, 6.45) is 8.11. The van der Waals surface area contributed by atoms with Gasteiger partial charge >= 0.3 is 0 Å². The van der Waals surface area contributed by atoms with E-state index in [4.69, 9.17) is 10.5 Å². The highest BCUT2D eigenvalue weighted by Gasteiger charge is 2.39. The number of aromatic nitrogens is 2. The summed E-state index contributed by atoms with van der Waals surface area (Å²) in [6.45, 7) is 0.604.